The second-order valence-electron chi connectivity index (χ2n) is 4.69. The van der Waals surface area contributed by atoms with Crippen molar-refractivity contribution < 1.29 is 0 Å². The lowest BCUT2D eigenvalue weighted by Gasteiger charge is -2.08. The summed E-state index contributed by atoms with van der Waals surface area (Å²) in [6.45, 7) is 1.96. The molecule has 0 saturated carbocycles. The first-order chi connectivity index (χ1) is 10.1. The molecule has 0 saturated heterocycles. The molecule has 4 aromatic rings. The standard InChI is InChI=1S/C13H9ClN6S/c1-6-4-9-12(16-5-6)20(13(15)17-9)11-7(14)2-3-8-10(11)19-21-18-8/h2-5H,1H3,(H2,15,17). The topological polar surface area (TPSA) is 82.5 Å². The molecular formula is C13H9ClN6S. The van der Waals surface area contributed by atoms with Crippen molar-refractivity contribution in [2.24, 2.45) is 0 Å². The monoisotopic (exact) mass is 316 g/mol. The Bertz CT molecular complexity index is 989. The zero-order valence-electron chi connectivity index (χ0n) is 10.9. The number of halogens is 1. The molecule has 0 bridgehead atoms. The van der Waals surface area contributed by atoms with E-state index in [-0.39, 0.29) is 0 Å². The van der Waals surface area contributed by atoms with Crippen LogP contribution in [0.15, 0.2) is 24.4 Å². The minimum atomic E-state index is 0.325. The second kappa shape index (κ2) is 4.37. The molecule has 0 amide bonds. The number of benzene rings is 1. The van der Waals surface area contributed by atoms with Gasteiger partial charge in [0.2, 0.25) is 5.95 Å². The van der Waals surface area contributed by atoms with E-state index in [1.165, 1.54) is 0 Å². The molecule has 3 heterocycles. The zero-order valence-corrected chi connectivity index (χ0v) is 12.5. The number of rotatable bonds is 1. The summed E-state index contributed by atoms with van der Waals surface area (Å²) in [4.78, 5) is 8.78. The quantitative estimate of drug-likeness (QED) is 0.583. The van der Waals surface area contributed by atoms with Crippen LogP contribution in [-0.4, -0.2) is 23.3 Å². The number of fused-ring (bicyclic) bond motifs is 2. The van der Waals surface area contributed by atoms with E-state index in [0.29, 0.717) is 27.8 Å². The lowest BCUT2D eigenvalue weighted by molar-refractivity contribution is 1.09. The fourth-order valence-electron chi connectivity index (χ4n) is 2.33. The minimum Gasteiger partial charge on any atom is -0.369 e. The third-order valence-corrected chi connectivity index (χ3v) is 4.08. The summed E-state index contributed by atoms with van der Waals surface area (Å²) in [7, 11) is 0. The third kappa shape index (κ3) is 1.78. The maximum Gasteiger partial charge on any atom is 0.207 e. The van der Waals surface area contributed by atoms with E-state index in [1.54, 1.807) is 16.8 Å². The van der Waals surface area contributed by atoms with E-state index in [9.17, 15) is 0 Å². The smallest absolute Gasteiger partial charge is 0.207 e. The van der Waals surface area contributed by atoms with Gasteiger partial charge in [-0.3, -0.25) is 4.57 Å². The van der Waals surface area contributed by atoms with Gasteiger partial charge in [0.15, 0.2) is 5.65 Å². The Hall–Kier alpha value is -2.25. The van der Waals surface area contributed by atoms with E-state index in [1.807, 2.05) is 19.1 Å². The number of nitrogen functional groups attached to an aromatic ring is 1. The molecule has 0 fully saturated rings. The van der Waals surface area contributed by atoms with E-state index in [4.69, 9.17) is 17.3 Å². The summed E-state index contributed by atoms with van der Waals surface area (Å²) < 4.78 is 10.3. The normalized spacial score (nSPS) is 11.5. The van der Waals surface area contributed by atoms with Gasteiger partial charge in [-0.25, -0.2) is 9.97 Å². The molecule has 3 aromatic heterocycles. The molecule has 0 aliphatic rings. The Kier molecular flexibility index (Phi) is 2.60. The molecule has 2 N–H and O–H groups in total. The zero-order chi connectivity index (χ0) is 14.6. The molecule has 6 nitrogen and oxygen atoms in total. The summed E-state index contributed by atoms with van der Waals surface area (Å²) in [5.74, 6) is 0.325. The van der Waals surface area contributed by atoms with Crippen molar-refractivity contribution in [1.82, 2.24) is 23.3 Å². The summed E-state index contributed by atoms with van der Waals surface area (Å²) in [6, 6.07) is 5.54. The molecule has 104 valence electrons. The van der Waals surface area contributed by atoms with Crippen LogP contribution in [0, 0.1) is 6.92 Å². The Morgan fingerprint density at radius 1 is 1.24 bits per heavy atom. The average molecular weight is 317 g/mol. The van der Waals surface area contributed by atoms with Crippen molar-refractivity contribution >= 4 is 51.5 Å². The molecule has 8 heteroatoms. The molecule has 0 aliphatic heterocycles. The first kappa shape index (κ1) is 12.5. The number of anilines is 1. The van der Waals surface area contributed by atoms with Crippen molar-refractivity contribution in [3.05, 3.63) is 35.0 Å². The van der Waals surface area contributed by atoms with Crippen molar-refractivity contribution in [1.29, 1.82) is 0 Å². The summed E-state index contributed by atoms with van der Waals surface area (Å²) in [5.41, 5.74) is 10.6. The summed E-state index contributed by atoms with van der Waals surface area (Å²) >= 11 is 7.49. The molecule has 1 aromatic carbocycles. The van der Waals surface area contributed by atoms with Crippen LogP contribution in [0.4, 0.5) is 5.95 Å². The number of nitrogens with two attached hydrogens (primary N) is 1. The number of pyridine rings is 1. The van der Waals surface area contributed by atoms with Gasteiger partial charge < -0.3 is 5.73 Å². The van der Waals surface area contributed by atoms with Crippen molar-refractivity contribution in [2.75, 3.05) is 5.73 Å². The van der Waals surface area contributed by atoms with Crippen LogP contribution in [0.1, 0.15) is 5.56 Å². The third-order valence-electron chi connectivity index (χ3n) is 3.24. The highest BCUT2D eigenvalue weighted by atomic mass is 35.5. The van der Waals surface area contributed by atoms with Gasteiger partial charge in [-0.05, 0) is 30.7 Å². The molecule has 0 atom stereocenters. The fourth-order valence-corrected chi connectivity index (χ4v) is 3.10. The number of aromatic nitrogens is 5. The maximum atomic E-state index is 6.36. The maximum absolute atomic E-state index is 6.36. The van der Waals surface area contributed by atoms with Gasteiger partial charge in [0.05, 0.1) is 22.4 Å². The highest BCUT2D eigenvalue weighted by Gasteiger charge is 2.18. The summed E-state index contributed by atoms with van der Waals surface area (Å²) in [5, 5.41) is 0.531. The van der Waals surface area contributed by atoms with Crippen LogP contribution < -0.4 is 5.73 Å². The van der Waals surface area contributed by atoms with Crippen LogP contribution in [0.25, 0.3) is 27.9 Å². The van der Waals surface area contributed by atoms with Crippen molar-refractivity contribution in [3.63, 3.8) is 0 Å². The molecule has 21 heavy (non-hydrogen) atoms. The predicted octanol–water partition coefficient (Wildman–Crippen LogP) is 2.97. The lowest BCUT2D eigenvalue weighted by atomic mass is 10.2. The molecular weight excluding hydrogens is 308 g/mol. The van der Waals surface area contributed by atoms with E-state index in [2.05, 4.69) is 18.7 Å². The van der Waals surface area contributed by atoms with Crippen LogP contribution >= 0.6 is 23.3 Å². The number of imidazole rings is 1. The SMILES string of the molecule is Cc1cnc2c(c1)nc(N)n2-c1c(Cl)ccc2nsnc12. The molecule has 4 rings (SSSR count). The van der Waals surface area contributed by atoms with Gasteiger partial charge in [0, 0.05) is 6.20 Å². The Balaban J connectivity index is 2.16. The van der Waals surface area contributed by atoms with Gasteiger partial charge in [0.25, 0.3) is 0 Å². The molecule has 0 spiro atoms. The summed E-state index contributed by atoms with van der Waals surface area (Å²) in [6.07, 6.45) is 1.77. The first-order valence-corrected chi connectivity index (χ1v) is 7.27. The highest BCUT2D eigenvalue weighted by Crippen LogP contribution is 2.32. The van der Waals surface area contributed by atoms with E-state index < -0.39 is 0 Å². The van der Waals surface area contributed by atoms with Crippen LogP contribution in [0.5, 0.6) is 0 Å². The van der Waals surface area contributed by atoms with Gasteiger partial charge in [0.1, 0.15) is 16.6 Å². The minimum absolute atomic E-state index is 0.325. The van der Waals surface area contributed by atoms with E-state index >= 15 is 0 Å². The fraction of sp³-hybridized carbons (Fsp3) is 0.0769. The molecule has 0 aliphatic carbocycles. The number of aryl methyl sites for hydroxylation is 1. The molecule has 0 unspecified atom stereocenters. The largest absolute Gasteiger partial charge is 0.369 e. The van der Waals surface area contributed by atoms with Crippen molar-refractivity contribution in [2.45, 2.75) is 6.92 Å². The number of nitrogens with zero attached hydrogens (tertiary/aromatic N) is 5. The average Bonchev–Trinajstić information content (AvgIpc) is 3.02. The number of hydrogen-bond acceptors (Lipinski definition) is 6. The van der Waals surface area contributed by atoms with Gasteiger partial charge in [-0.15, -0.1) is 0 Å². The number of hydrogen-bond donors (Lipinski definition) is 1. The van der Waals surface area contributed by atoms with E-state index in [0.717, 1.165) is 28.3 Å². The van der Waals surface area contributed by atoms with Gasteiger partial charge in [-0.1, -0.05) is 11.6 Å². The Labute approximate surface area is 128 Å². The first-order valence-electron chi connectivity index (χ1n) is 6.17. The predicted molar refractivity (Wildman–Crippen MR) is 84.0 cm³/mol. The van der Waals surface area contributed by atoms with Crippen LogP contribution in [-0.2, 0) is 0 Å². The lowest BCUT2D eigenvalue weighted by Crippen LogP contribution is -2.03. The van der Waals surface area contributed by atoms with Crippen LogP contribution in [0.2, 0.25) is 5.02 Å². The van der Waals surface area contributed by atoms with Crippen LogP contribution in [0.3, 0.4) is 0 Å². The van der Waals surface area contributed by atoms with Gasteiger partial charge >= 0.3 is 0 Å². The Morgan fingerprint density at radius 2 is 2.10 bits per heavy atom. The molecule has 0 radical (unpaired) electrons. The van der Waals surface area contributed by atoms with Crippen molar-refractivity contribution in [3.8, 4) is 5.69 Å². The Morgan fingerprint density at radius 3 is 2.95 bits per heavy atom. The highest BCUT2D eigenvalue weighted by molar-refractivity contribution is 7.00. The second-order valence-corrected chi connectivity index (χ2v) is 5.62. The van der Waals surface area contributed by atoms with Gasteiger partial charge in [-0.2, -0.15) is 8.75 Å².